The molecule has 1 N–H and O–H groups in total. The van der Waals surface area contributed by atoms with Crippen molar-refractivity contribution in [2.24, 2.45) is 5.92 Å². The Morgan fingerprint density at radius 1 is 0.882 bits per heavy atom. The summed E-state index contributed by atoms with van der Waals surface area (Å²) in [5.41, 5.74) is 0.245. The zero-order chi connectivity index (χ0) is 24.1. The monoisotopic (exact) mass is 474 g/mol. The van der Waals surface area contributed by atoms with Crippen LogP contribution in [0.5, 0.6) is 0 Å². The predicted molar refractivity (Wildman–Crippen MR) is 123 cm³/mol. The summed E-state index contributed by atoms with van der Waals surface area (Å²) in [6, 6.07) is 7.99. The van der Waals surface area contributed by atoms with Crippen molar-refractivity contribution < 1.29 is 29.0 Å². The lowest BCUT2D eigenvalue weighted by Gasteiger charge is -2.61. The van der Waals surface area contributed by atoms with Crippen LogP contribution in [0.4, 0.5) is 0 Å². The molecule has 186 valence electrons. The molecular formula is C24H34N4O6. The normalized spacial score (nSPS) is 26.7. The summed E-state index contributed by atoms with van der Waals surface area (Å²) in [6.45, 7) is 11.8. The van der Waals surface area contributed by atoms with Crippen LogP contribution in [0, 0.1) is 5.92 Å². The van der Waals surface area contributed by atoms with Gasteiger partial charge in [-0.25, -0.2) is 4.79 Å². The predicted octanol–water partition coefficient (Wildman–Crippen LogP) is 0.744. The Balaban J connectivity index is 0.000000161. The maximum atomic E-state index is 11.6. The molecule has 0 bridgehead atoms. The van der Waals surface area contributed by atoms with Crippen molar-refractivity contribution in [3.8, 4) is 0 Å². The number of carboxylic acids is 1. The van der Waals surface area contributed by atoms with Crippen molar-refractivity contribution >= 4 is 18.4 Å². The van der Waals surface area contributed by atoms with Gasteiger partial charge in [-0.2, -0.15) is 0 Å². The summed E-state index contributed by atoms with van der Waals surface area (Å²) in [6.07, 6.45) is 2.74. The lowest BCUT2D eigenvalue weighted by molar-refractivity contribution is -0.179. The fraction of sp³-hybridized carbons (Fsp3) is 0.625. The van der Waals surface area contributed by atoms with Crippen molar-refractivity contribution in [2.75, 3.05) is 52.4 Å². The number of hydrogen-bond acceptors (Lipinski definition) is 9. The summed E-state index contributed by atoms with van der Waals surface area (Å²) in [7, 11) is 0. The fourth-order valence-electron chi connectivity index (χ4n) is 5.36. The zero-order valence-corrected chi connectivity index (χ0v) is 19.6. The topological polar surface area (TPSA) is 103 Å². The first-order valence-corrected chi connectivity index (χ1v) is 12.0. The highest BCUT2D eigenvalue weighted by Crippen LogP contribution is 2.32. The first-order chi connectivity index (χ1) is 16.5. The van der Waals surface area contributed by atoms with E-state index in [1.165, 1.54) is 84.3 Å². The molecule has 1 aromatic rings. The number of ether oxygens (including phenoxy) is 2. The van der Waals surface area contributed by atoms with Crippen LogP contribution in [0.3, 0.4) is 0 Å². The molecule has 4 fully saturated rings. The summed E-state index contributed by atoms with van der Waals surface area (Å²) >= 11 is 0. The average Bonchev–Trinajstić information content (AvgIpc) is 2.87. The molecule has 10 nitrogen and oxygen atoms in total. The van der Waals surface area contributed by atoms with Crippen LogP contribution in [0.15, 0.2) is 30.3 Å². The lowest BCUT2D eigenvalue weighted by atomic mass is 10.0. The molecule has 5 rings (SSSR count). The van der Waals surface area contributed by atoms with Crippen molar-refractivity contribution in [2.45, 2.75) is 38.4 Å². The van der Waals surface area contributed by atoms with Crippen LogP contribution >= 0.6 is 0 Å². The van der Waals surface area contributed by atoms with E-state index in [9.17, 15) is 14.4 Å². The third-order valence-corrected chi connectivity index (χ3v) is 7.11. The SMILES string of the molecule is C1CN2CCN3CCCN4CCN(C1)C2C34.CC(C(=O)O)C(OC=O)OC(=O)c1ccccc1. The van der Waals surface area contributed by atoms with E-state index < -0.39 is 24.1 Å². The number of carbonyl (C=O) groups excluding carboxylic acids is 2. The zero-order valence-electron chi connectivity index (χ0n) is 19.6. The van der Waals surface area contributed by atoms with Gasteiger partial charge in [0.1, 0.15) is 5.92 Å². The van der Waals surface area contributed by atoms with Crippen molar-refractivity contribution in [1.82, 2.24) is 19.6 Å². The van der Waals surface area contributed by atoms with Gasteiger partial charge in [0, 0.05) is 52.4 Å². The van der Waals surface area contributed by atoms with E-state index in [4.69, 9.17) is 9.84 Å². The molecule has 0 aromatic heterocycles. The molecule has 1 aromatic carbocycles. The minimum Gasteiger partial charge on any atom is -0.481 e. The summed E-state index contributed by atoms with van der Waals surface area (Å²) < 4.78 is 9.28. The standard InChI is InChI=1S/C12H22N4.C12H12O6/c1-3-13-7-9-15-5-2-6-16-10-8-14(4-1)11(13)12(15)16;1-8(10(14)15)12(17-7-13)18-11(16)9-5-3-2-4-6-9/h11-12H,1-10H2;2-8,12H,1H3,(H,14,15). The van der Waals surface area contributed by atoms with Gasteiger partial charge in [-0.1, -0.05) is 18.2 Å². The Bertz CT molecular complexity index is 803. The minimum absolute atomic E-state index is 0.0440. The molecule has 4 aliphatic rings. The molecule has 34 heavy (non-hydrogen) atoms. The largest absolute Gasteiger partial charge is 0.481 e. The van der Waals surface area contributed by atoms with E-state index in [-0.39, 0.29) is 12.0 Å². The van der Waals surface area contributed by atoms with E-state index >= 15 is 0 Å². The Morgan fingerprint density at radius 2 is 1.35 bits per heavy atom. The quantitative estimate of drug-likeness (QED) is 0.361. The first-order valence-electron chi connectivity index (χ1n) is 12.0. The Hall–Kier alpha value is -2.53. The summed E-state index contributed by atoms with van der Waals surface area (Å²) in [5.74, 6) is -3.14. The summed E-state index contributed by atoms with van der Waals surface area (Å²) in [4.78, 5) is 43.6. The van der Waals surface area contributed by atoms with Gasteiger partial charge in [-0.3, -0.25) is 29.2 Å². The summed E-state index contributed by atoms with van der Waals surface area (Å²) in [5, 5.41) is 8.78. The second kappa shape index (κ2) is 11.3. The molecular weight excluding hydrogens is 440 g/mol. The van der Waals surface area contributed by atoms with Gasteiger partial charge < -0.3 is 14.6 Å². The fourth-order valence-corrected chi connectivity index (χ4v) is 5.36. The second-order valence-corrected chi connectivity index (χ2v) is 9.18. The van der Waals surface area contributed by atoms with Crippen LogP contribution in [0.1, 0.15) is 30.1 Å². The van der Waals surface area contributed by atoms with E-state index in [1.54, 1.807) is 18.2 Å². The minimum atomic E-state index is -1.45. The van der Waals surface area contributed by atoms with Gasteiger partial charge in [0.25, 0.3) is 12.8 Å². The van der Waals surface area contributed by atoms with Crippen molar-refractivity contribution in [3.63, 3.8) is 0 Å². The highest BCUT2D eigenvalue weighted by Gasteiger charge is 2.48. The lowest BCUT2D eigenvalue weighted by Crippen LogP contribution is -2.77. The van der Waals surface area contributed by atoms with Crippen LogP contribution in [0.25, 0.3) is 0 Å². The van der Waals surface area contributed by atoms with Gasteiger partial charge in [0.05, 0.1) is 17.9 Å². The van der Waals surface area contributed by atoms with E-state index in [1.807, 2.05) is 0 Å². The van der Waals surface area contributed by atoms with Crippen molar-refractivity contribution in [3.05, 3.63) is 35.9 Å². The van der Waals surface area contributed by atoms with E-state index in [0.717, 1.165) is 12.3 Å². The molecule has 0 radical (unpaired) electrons. The Labute approximate surface area is 200 Å². The number of carboxylic acid groups (broad SMARTS) is 1. The van der Waals surface area contributed by atoms with E-state index in [0.29, 0.717) is 0 Å². The Kier molecular flexibility index (Phi) is 8.15. The van der Waals surface area contributed by atoms with Crippen molar-refractivity contribution in [1.29, 1.82) is 0 Å². The third-order valence-electron chi connectivity index (χ3n) is 7.11. The highest BCUT2D eigenvalue weighted by atomic mass is 16.7. The van der Waals surface area contributed by atoms with Crippen LogP contribution in [-0.2, 0) is 19.1 Å². The maximum absolute atomic E-state index is 11.6. The van der Waals surface area contributed by atoms with Gasteiger partial charge >= 0.3 is 11.9 Å². The smallest absolute Gasteiger partial charge is 0.341 e. The number of carbonyl (C=O) groups is 3. The van der Waals surface area contributed by atoms with Gasteiger partial charge in [0.2, 0.25) is 0 Å². The molecule has 2 unspecified atom stereocenters. The van der Waals surface area contributed by atoms with Crippen LogP contribution in [0.2, 0.25) is 0 Å². The first kappa shape index (κ1) is 24.6. The molecule has 0 aliphatic carbocycles. The maximum Gasteiger partial charge on any atom is 0.341 e. The number of esters is 1. The molecule has 0 spiro atoms. The molecule has 2 atom stereocenters. The number of benzene rings is 1. The molecule has 4 aliphatic heterocycles. The van der Waals surface area contributed by atoms with Gasteiger partial charge in [-0.05, 0) is 31.9 Å². The second-order valence-electron chi connectivity index (χ2n) is 9.18. The van der Waals surface area contributed by atoms with Gasteiger partial charge in [-0.15, -0.1) is 0 Å². The molecule has 0 saturated carbocycles. The number of rotatable bonds is 6. The molecule has 4 heterocycles. The van der Waals surface area contributed by atoms with E-state index in [2.05, 4.69) is 24.3 Å². The average molecular weight is 475 g/mol. The Morgan fingerprint density at radius 3 is 1.76 bits per heavy atom. The molecule has 10 heteroatoms. The molecule has 0 amide bonds. The van der Waals surface area contributed by atoms with Crippen LogP contribution < -0.4 is 0 Å². The number of piperazine rings is 2. The highest BCUT2D eigenvalue weighted by molar-refractivity contribution is 5.89. The number of aliphatic carboxylic acids is 1. The van der Waals surface area contributed by atoms with Crippen LogP contribution in [-0.4, -0.2) is 114 Å². The van der Waals surface area contributed by atoms with Gasteiger partial charge in [0.15, 0.2) is 0 Å². The number of hydrogen-bond donors (Lipinski definition) is 1. The number of nitrogens with zero attached hydrogens (tertiary/aromatic N) is 4. The third kappa shape index (κ3) is 5.41. The molecule has 4 saturated heterocycles.